The molecule has 16 heavy (non-hydrogen) atoms. The molecular weight excluding hydrogens is 204 g/mol. The first kappa shape index (κ1) is 11.7. The first-order valence-electron chi connectivity index (χ1n) is 6.39. The number of ether oxygens (including phenoxy) is 1. The standard InChI is InChI=1S/C12H22N2O2/c1-10-3-2-6-14(9-10)12(15)13-11-4-7-16-8-5-11/h10-11H,2-9H2,1H3,(H,13,15). The minimum Gasteiger partial charge on any atom is -0.381 e. The second kappa shape index (κ2) is 5.53. The molecule has 4 heteroatoms. The summed E-state index contributed by atoms with van der Waals surface area (Å²) in [7, 11) is 0. The van der Waals surface area contributed by atoms with Gasteiger partial charge in [-0.1, -0.05) is 6.92 Å². The molecule has 0 radical (unpaired) electrons. The third kappa shape index (κ3) is 3.11. The molecule has 1 atom stereocenters. The van der Waals surface area contributed by atoms with Crippen molar-refractivity contribution < 1.29 is 9.53 Å². The summed E-state index contributed by atoms with van der Waals surface area (Å²) in [4.78, 5) is 13.9. The van der Waals surface area contributed by atoms with Crippen LogP contribution in [0.15, 0.2) is 0 Å². The van der Waals surface area contributed by atoms with Crippen molar-refractivity contribution >= 4 is 6.03 Å². The summed E-state index contributed by atoms with van der Waals surface area (Å²) in [5.41, 5.74) is 0. The maximum atomic E-state index is 12.0. The SMILES string of the molecule is CC1CCCN(C(=O)NC2CCOCC2)C1. The summed E-state index contributed by atoms with van der Waals surface area (Å²) in [6, 6.07) is 0.442. The Labute approximate surface area is 97.3 Å². The van der Waals surface area contributed by atoms with Crippen molar-refractivity contribution in [2.45, 2.75) is 38.6 Å². The van der Waals surface area contributed by atoms with E-state index in [1.165, 1.54) is 6.42 Å². The Kier molecular flexibility index (Phi) is 4.04. The molecule has 4 nitrogen and oxygen atoms in total. The zero-order chi connectivity index (χ0) is 11.4. The van der Waals surface area contributed by atoms with Crippen LogP contribution < -0.4 is 5.32 Å². The van der Waals surface area contributed by atoms with Gasteiger partial charge in [0.25, 0.3) is 0 Å². The zero-order valence-corrected chi connectivity index (χ0v) is 10.1. The number of amides is 2. The van der Waals surface area contributed by atoms with Gasteiger partial charge in [-0.2, -0.15) is 0 Å². The first-order chi connectivity index (χ1) is 7.75. The van der Waals surface area contributed by atoms with E-state index >= 15 is 0 Å². The van der Waals surface area contributed by atoms with E-state index in [1.807, 2.05) is 4.90 Å². The van der Waals surface area contributed by atoms with Crippen LogP contribution in [-0.2, 0) is 4.74 Å². The van der Waals surface area contributed by atoms with E-state index in [-0.39, 0.29) is 6.03 Å². The second-order valence-electron chi connectivity index (χ2n) is 5.03. The summed E-state index contributed by atoms with van der Waals surface area (Å²) in [5.74, 6) is 0.647. The van der Waals surface area contributed by atoms with Gasteiger partial charge in [0.05, 0.1) is 0 Å². The summed E-state index contributed by atoms with van der Waals surface area (Å²) < 4.78 is 5.28. The molecule has 2 amide bonds. The largest absolute Gasteiger partial charge is 0.381 e. The molecule has 0 spiro atoms. The van der Waals surface area contributed by atoms with E-state index < -0.39 is 0 Å². The number of carbonyl (C=O) groups is 1. The Morgan fingerprint density at radius 2 is 2.06 bits per heavy atom. The fraction of sp³-hybridized carbons (Fsp3) is 0.917. The predicted molar refractivity (Wildman–Crippen MR) is 62.3 cm³/mol. The van der Waals surface area contributed by atoms with Gasteiger partial charge in [0.15, 0.2) is 0 Å². The summed E-state index contributed by atoms with van der Waals surface area (Å²) in [5, 5.41) is 3.12. The molecule has 0 aromatic heterocycles. The lowest BCUT2D eigenvalue weighted by molar-refractivity contribution is 0.0770. The van der Waals surface area contributed by atoms with Crippen LogP contribution >= 0.6 is 0 Å². The number of likely N-dealkylation sites (tertiary alicyclic amines) is 1. The Balaban J connectivity index is 1.77. The van der Waals surface area contributed by atoms with E-state index in [0.29, 0.717) is 12.0 Å². The monoisotopic (exact) mass is 226 g/mol. The number of nitrogens with zero attached hydrogens (tertiary/aromatic N) is 1. The van der Waals surface area contributed by atoms with Crippen LogP contribution in [0.3, 0.4) is 0 Å². The summed E-state index contributed by atoms with van der Waals surface area (Å²) >= 11 is 0. The van der Waals surface area contributed by atoms with E-state index in [4.69, 9.17) is 4.74 Å². The highest BCUT2D eigenvalue weighted by molar-refractivity contribution is 5.74. The number of urea groups is 1. The Bertz CT molecular complexity index is 239. The molecule has 2 fully saturated rings. The molecule has 0 bridgehead atoms. The topological polar surface area (TPSA) is 41.6 Å². The van der Waals surface area contributed by atoms with Crippen molar-refractivity contribution in [1.29, 1.82) is 0 Å². The van der Waals surface area contributed by atoms with Crippen molar-refractivity contribution in [2.75, 3.05) is 26.3 Å². The van der Waals surface area contributed by atoms with Gasteiger partial charge in [-0.3, -0.25) is 0 Å². The molecular formula is C12H22N2O2. The Hall–Kier alpha value is -0.770. The number of carbonyl (C=O) groups excluding carboxylic acids is 1. The molecule has 2 aliphatic rings. The summed E-state index contributed by atoms with van der Waals surface area (Å²) in [6.45, 7) is 5.60. The molecule has 2 rings (SSSR count). The van der Waals surface area contributed by atoms with Gasteiger partial charge in [0.2, 0.25) is 0 Å². The number of nitrogens with one attached hydrogen (secondary N) is 1. The molecule has 2 heterocycles. The van der Waals surface area contributed by atoms with E-state index in [1.54, 1.807) is 0 Å². The fourth-order valence-corrected chi connectivity index (χ4v) is 2.48. The lowest BCUT2D eigenvalue weighted by atomic mass is 10.0. The zero-order valence-electron chi connectivity index (χ0n) is 10.1. The van der Waals surface area contributed by atoms with E-state index in [2.05, 4.69) is 12.2 Å². The fourth-order valence-electron chi connectivity index (χ4n) is 2.48. The summed E-state index contributed by atoms with van der Waals surface area (Å²) in [6.07, 6.45) is 4.30. The number of rotatable bonds is 1. The van der Waals surface area contributed by atoms with Crippen molar-refractivity contribution in [3.63, 3.8) is 0 Å². The van der Waals surface area contributed by atoms with Crippen molar-refractivity contribution in [3.05, 3.63) is 0 Å². The highest BCUT2D eigenvalue weighted by atomic mass is 16.5. The van der Waals surface area contributed by atoms with Crippen LogP contribution in [0.1, 0.15) is 32.6 Å². The van der Waals surface area contributed by atoms with Crippen molar-refractivity contribution in [3.8, 4) is 0 Å². The number of piperidine rings is 1. The lowest BCUT2D eigenvalue weighted by Crippen LogP contribution is -2.49. The number of hydrogen-bond donors (Lipinski definition) is 1. The van der Waals surface area contributed by atoms with Gasteiger partial charge in [0, 0.05) is 32.3 Å². The van der Waals surface area contributed by atoms with Gasteiger partial charge in [-0.25, -0.2) is 4.79 Å². The number of hydrogen-bond acceptors (Lipinski definition) is 2. The second-order valence-corrected chi connectivity index (χ2v) is 5.03. The average molecular weight is 226 g/mol. The van der Waals surface area contributed by atoms with Crippen LogP contribution in [0.4, 0.5) is 4.79 Å². The predicted octanol–water partition coefficient (Wildman–Crippen LogP) is 1.61. The molecule has 1 unspecified atom stereocenters. The molecule has 0 saturated carbocycles. The van der Waals surface area contributed by atoms with Crippen LogP contribution in [0.2, 0.25) is 0 Å². The molecule has 2 aliphatic heterocycles. The molecule has 2 saturated heterocycles. The van der Waals surface area contributed by atoms with Gasteiger partial charge in [-0.15, -0.1) is 0 Å². The third-order valence-electron chi connectivity index (χ3n) is 3.49. The van der Waals surface area contributed by atoms with Crippen LogP contribution in [0, 0.1) is 5.92 Å². The molecule has 0 aromatic rings. The van der Waals surface area contributed by atoms with Crippen molar-refractivity contribution in [2.24, 2.45) is 5.92 Å². The van der Waals surface area contributed by atoms with Gasteiger partial charge >= 0.3 is 6.03 Å². The smallest absolute Gasteiger partial charge is 0.317 e. The first-order valence-corrected chi connectivity index (χ1v) is 6.39. The maximum Gasteiger partial charge on any atom is 0.317 e. The molecule has 92 valence electrons. The van der Waals surface area contributed by atoms with Crippen LogP contribution in [0.25, 0.3) is 0 Å². The lowest BCUT2D eigenvalue weighted by Gasteiger charge is -2.33. The maximum absolute atomic E-state index is 12.0. The highest BCUT2D eigenvalue weighted by Crippen LogP contribution is 2.16. The normalized spacial score (nSPS) is 27.8. The van der Waals surface area contributed by atoms with Crippen molar-refractivity contribution in [1.82, 2.24) is 10.2 Å². The minimum atomic E-state index is 0.124. The van der Waals surface area contributed by atoms with E-state index in [9.17, 15) is 4.79 Å². The average Bonchev–Trinajstić information content (AvgIpc) is 2.30. The quantitative estimate of drug-likeness (QED) is 0.738. The van der Waals surface area contributed by atoms with Crippen LogP contribution in [-0.4, -0.2) is 43.3 Å². The minimum absolute atomic E-state index is 0.124. The van der Waals surface area contributed by atoms with Gasteiger partial charge < -0.3 is 15.0 Å². The molecule has 0 aromatic carbocycles. The van der Waals surface area contributed by atoms with Gasteiger partial charge in [0.1, 0.15) is 0 Å². The molecule has 1 N–H and O–H groups in total. The highest BCUT2D eigenvalue weighted by Gasteiger charge is 2.23. The van der Waals surface area contributed by atoms with E-state index in [0.717, 1.165) is 45.6 Å². The van der Waals surface area contributed by atoms with Crippen LogP contribution in [0.5, 0.6) is 0 Å². The van der Waals surface area contributed by atoms with Gasteiger partial charge in [-0.05, 0) is 31.6 Å². The molecule has 0 aliphatic carbocycles. The third-order valence-corrected chi connectivity index (χ3v) is 3.49. The Morgan fingerprint density at radius 1 is 1.31 bits per heavy atom. The Morgan fingerprint density at radius 3 is 2.75 bits per heavy atom.